The molecule has 242 valence electrons. The summed E-state index contributed by atoms with van der Waals surface area (Å²) in [5.74, 6) is 3.00. The molecule has 4 aromatic rings. The minimum absolute atomic E-state index is 0.226. The number of fused-ring (bicyclic) bond motifs is 3. The van der Waals surface area contributed by atoms with Gasteiger partial charge in [-0.25, -0.2) is 0 Å². The second kappa shape index (κ2) is 16.5. The molecule has 0 bridgehead atoms. The number of nitrogens with zero attached hydrogens (tertiary/aromatic N) is 1. The maximum Gasteiger partial charge on any atom is 0.119 e. The molecule has 0 radical (unpaired) electrons. The molecule has 1 aromatic heterocycles. The Balaban J connectivity index is 0.000000308. The summed E-state index contributed by atoms with van der Waals surface area (Å²) < 4.78 is 8.18. The summed E-state index contributed by atoms with van der Waals surface area (Å²) in [6.07, 6.45) is 7.99. The van der Waals surface area contributed by atoms with Crippen LogP contribution in [0.5, 0.6) is 5.75 Å². The van der Waals surface area contributed by atoms with Crippen LogP contribution in [0.4, 0.5) is 0 Å². The van der Waals surface area contributed by atoms with Crippen molar-refractivity contribution < 1.29 is 9.84 Å². The minimum atomic E-state index is 0.226. The number of rotatable bonds is 14. The van der Waals surface area contributed by atoms with Crippen molar-refractivity contribution in [1.82, 2.24) is 4.57 Å². The largest absolute Gasteiger partial charge is 0.494 e. The molecule has 44 heavy (non-hydrogen) atoms. The standard InChI is InChI=1S/C28H50O2.C13H11N/c1-22(2)13-14-23(3)28(7,8)21-26(27(4,5)6)24-15-17-25(18-16-24)30-20-12-10-9-11-19-29;1-14-12-8-4-2-6-10(12)11-7-3-5-9-13(11)14/h15-18,22-23,26,29H,9-14,19-21H2,1-8H3;2-9H,1H3. The fourth-order valence-corrected chi connectivity index (χ4v) is 6.30. The summed E-state index contributed by atoms with van der Waals surface area (Å²) in [7, 11) is 2.12. The number of para-hydroxylation sites is 2. The Hall–Kier alpha value is -2.78. The molecule has 0 amide bonds. The van der Waals surface area contributed by atoms with Gasteiger partial charge in [0.25, 0.3) is 0 Å². The minimum Gasteiger partial charge on any atom is -0.494 e. The van der Waals surface area contributed by atoms with Crippen LogP contribution in [-0.4, -0.2) is 22.9 Å². The molecule has 0 fully saturated rings. The van der Waals surface area contributed by atoms with Crippen LogP contribution in [0, 0.1) is 22.7 Å². The lowest BCUT2D eigenvalue weighted by Gasteiger charge is -2.41. The second-order valence-electron chi connectivity index (χ2n) is 15.1. The van der Waals surface area contributed by atoms with E-state index in [1.807, 2.05) is 0 Å². The van der Waals surface area contributed by atoms with Crippen LogP contribution < -0.4 is 4.74 Å². The van der Waals surface area contributed by atoms with Gasteiger partial charge in [-0.2, -0.15) is 0 Å². The van der Waals surface area contributed by atoms with E-state index >= 15 is 0 Å². The van der Waals surface area contributed by atoms with E-state index in [-0.39, 0.29) is 5.41 Å². The average Bonchev–Trinajstić information content (AvgIpc) is 3.28. The molecule has 3 nitrogen and oxygen atoms in total. The molecule has 1 heterocycles. The summed E-state index contributed by atoms with van der Waals surface area (Å²) in [4.78, 5) is 0. The number of aliphatic hydroxyl groups is 1. The van der Waals surface area contributed by atoms with Gasteiger partial charge in [-0.15, -0.1) is 0 Å². The highest BCUT2D eigenvalue weighted by molar-refractivity contribution is 6.07. The Morgan fingerprint density at radius 2 is 1.25 bits per heavy atom. The molecule has 0 saturated carbocycles. The van der Waals surface area contributed by atoms with Crippen molar-refractivity contribution >= 4 is 21.8 Å². The number of aliphatic hydroxyl groups excluding tert-OH is 1. The SMILES string of the molecule is CC(C)CCC(C)C(C)(C)CC(c1ccc(OCCCCCCO)cc1)C(C)(C)C.Cn1c2ccccc2c2ccccc21. The van der Waals surface area contributed by atoms with Crippen molar-refractivity contribution in [2.24, 2.45) is 29.7 Å². The molecule has 3 aromatic carbocycles. The van der Waals surface area contributed by atoms with Crippen LogP contribution >= 0.6 is 0 Å². The summed E-state index contributed by atoms with van der Waals surface area (Å²) >= 11 is 0. The first-order valence-electron chi connectivity index (χ1n) is 17.1. The number of hydrogen-bond acceptors (Lipinski definition) is 2. The number of hydrogen-bond donors (Lipinski definition) is 1. The molecular weight excluding hydrogens is 538 g/mol. The topological polar surface area (TPSA) is 34.4 Å². The first-order valence-corrected chi connectivity index (χ1v) is 17.1. The van der Waals surface area contributed by atoms with Crippen molar-refractivity contribution in [3.05, 3.63) is 78.4 Å². The molecule has 0 spiro atoms. The quantitative estimate of drug-likeness (QED) is 0.146. The third kappa shape index (κ3) is 10.1. The van der Waals surface area contributed by atoms with Crippen molar-refractivity contribution in [3.8, 4) is 5.75 Å². The first kappa shape index (κ1) is 35.7. The van der Waals surface area contributed by atoms with Crippen molar-refractivity contribution in [2.45, 2.75) is 106 Å². The number of ether oxygens (including phenoxy) is 1. The molecule has 1 N–H and O–H groups in total. The zero-order chi connectivity index (χ0) is 32.3. The Morgan fingerprint density at radius 3 is 1.77 bits per heavy atom. The molecule has 2 atom stereocenters. The average molecular weight is 600 g/mol. The lowest BCUT2D eigenvalue weighted by molar-refractivity contribution is 0.141. The highest BCUT2D eigenvalue weighted by atomic mass is 16.5. The summed E-state index contributed by atoms with van der Waals surface area (Å²) in [6, 6.07) is 25.9. The van der Waals surface area contributed by atoms with E-state index in [2.05, 4.69) is 140 Å². The van der Waals surface area contributed by atoms with Gasteiger partial charge in [-0.05, 0) is 90.5 Å². The zero-order valence-corrected chi connectivity index (χ0v) is 29.3. The molecule has 2 unspecified atom stereocenters. The van der Waals surface area contributed by atoms with Crippen LogP contribution in [0.2, 0.25) is 0 Å². The Labute approximate surface area is 269 Å². The van der Waals surface area contributed by atoms with Gasteiger partial charge in [-0.3, -0.25) is 0 Å². The van der Waals surface area contributed by atoms with Gasteiger partial charge in [0.2, 0.25) is 0 Å². The van der Waals surface area contributed by atoms with E-state index in [1.54, 1.807) is 0 Å². The lowest BCUT2D eigenvalue weighted by atomic mass is 9.64. The predicted molar refractivity (Wildman–Crippen MR) is 192 cm³/mol. The predicted octanol–water partition coefficient (Wildman–Crippen LogP) is 11.6. The highest BCUT2D eigenvalue weighted by Crippen LogP contribution is 2.47. The van der Waals surface area contributed by atoms with Crippen LogP contribution in [0.15, 0.2) is 72.8 Å². The van der Waals surface area contributed by atoms with Gasteiger partial charge in [0.15, 0.2) is 0 Å². The Kier molecular flexibility index (Phi) is 13.4. The van der Waals surface area contributed by atoms with Crippen LogP contribution in [0.1, 0.15) is 112 Å². The van der Waals surface area contributed by atoms with E-state index in [4.69, 9.17) is 9.84 Å². The van der Waals surface area contributed by atoms with E-state index in [9.17, 15) is 0 Å². The summed E-state index contributed by atoms with van der Waals surface area (Å²) in [6.45, 7) is 20.2. The third-order valence-electron chi connectivity index (χ3n) is 9.71. The third-order valence-corrected chi connectivity index (χ3v) is 9.71. The van der Waals surface area contributed by atoms with Gasteiger partial charge in [0.05, 0.1) is 6.61 Å². The highest BCUT2D eigenvalue weighted by Gasteiger charge is 2.35. The molecule has 0 aliphatic heterocycles. The van der Waals surface area contributed by atoms with Gasteiger partial charge >= 0.3 is 0 Å². The molecule has 3 heteroatoms. The maximum atomic E-state index is 8.85. The lowest BCUT2D eigenvalue weighted by Crippen LogP contribution is -2.30. The number of benzene rings is 3. The van der Waals surface area contributed by atoms with E-state index in [1.165, 1.54) is 46.6 Å². The van der Waals surface area contributed by atoms with Gasteiger partial charge in [-0.1, -0.05) is 117 Å². The van der Waals surface area contributed by atoms with E-state index < -0.39 is 0 Å². The molecule has 0 aliphatic carbocycles. The van der Waals surface area contributed by atoms with Gasteiger partial charge in [0, 0.05) is 35.5 Å². The number of aryl methyl sites for hydroxylation is 1. The van der Waals surface area contributed by atoms with Gasteiger partial charge in [0.1, 0.15) is 5.75 Å². The van der Waals surface area contributed by atoms with Crippen LogP contribution in [0.3, 0.4) is 0 Å². The molecule has 4 rings (SSSR count). The fraction of sp³-hybridized carbons (Fsp3) is 0.561. The number of aromatic nitrogens is 1. The summed E-state index contributed by atoms with van der Waals surface area (Å²) in [5.41, 5.74) is 4.57. The molecule has 0 saturated heterocycles. The van der Waals surface area contributed by atoms with Crippen molar-refractivity contribution in [2.75, 3.05) is 13.2 Å². The molecular formula is C41H61NO2. The van der Waals surface area contributed by atoms with Crippen LogP contribution in [0.25, 0.3) is 21.8 Å². The van der Waals surface area contributed by atoms with Crippen molar-refractivity contribution in [1.29, 1.82) is 0 Å². The van der Waals surface area contributed by atoms with Crippen LogP contribution in [-0.2, 0) is 7.05 Å². The monoisotopic (exact) mass is 599 g/mol. The van der Waals surface area contributed by atoms with E-state index in [0.29, 0.717) is 17.9 Å². The van der Waals surface area contributed by atoms with Crippen molar-refractivity contribution in [3.63, 3.8) is 0 Å². The van der Waals surface area contributed by atoms with Gasteiger partial charge < -0.3 is 14.4 Å². The second-order valence-corrected chi connectivity index (χ2v) is 15.1. The number of unbranched alkanes of at least 4 members (excludes halogenated alkanes) is 3. The Bertz CT molecular complexity index is 1340. The zero-order valence-electron chi connectivity index (χ0n) is 29.3. The first-order chi connectivity index (χ1) is 20.8. The van der Waals surface area contributed by atoms with E-state index in [0.717, 1.165) is 49.9 Å². The smallest absolute Gasteiger partial charge is 0.119 e. The maximum absolute atomic E-state index is 8.85. The Morgan fingerprint density at radius 1 is 0.705 bits per heavy atom. The fourth-order valence-electron chi connectivity index (χ4n) is 6.30. The normalized spacial score (nSPS) is 13.6. The molecule has 0 aliphatic rings. The summed E-state index contributed by atoms with van der Waals surface area (Å²) in [5, 5.41) is 11.5.